The Morgan fingerprint density at radius 1 is 1.00 bits per heavy atom. The van der Waals surface area contributed by atoms with E-state index in [2.05, 4.69) is 10.6 Å². The summed E-state index contributed by atoms with van der Waals surface area (Å²) in [7, 11) is 1.70. The summed E-state index contributed by atoms with van der Waals surface area (Å²) >= 11 is 0. The first-order valence-electron chi connectivity index (χ1n) is 9.49. The van der Waals surface area contributed by atoms with Crippen molar-refractivity contribution in [3.05, 3.63) is 65.7 Å². The van der Waals surface area contributed by atoms with Crippen LogP contribution in [-0.2, 0) is 22.4 Å². The smallest absolute Gasteiger partial charge is 0.326 e. The predicted octanol–water partition coefficient (Wildman–Crippen LogP) is 2.42. The number of carboxylic acid groups (broad SMARTS) is 1. The molecular weight excluding hydrogens is 356 g/mol. The summed E-state index contributed by atoms with van der Waals surface area (Å²) in [5.41, 5.74) is 2.01. The van der Waals surface area contributed by atoms with Crippen molar-refractivity contribution in [2.75, 3.05) is 13.7 Å². The number of hydrogen-bond acceptors (Lipinski definition) is 4. The molecule has 1 amide bonds. The van der Waals surface area contributed by atoms with Gasteiger partial charge in [0.25, 0.3) is 0 Å². The molecule has 0 aromatic heterocycles. The maximum atomic E-state index is 12.6. The third-order valence-electron chi connectivity index (χ3n) is 4.52. The molecule has 3 N–H and O–H groups in total. The number of aliphatic carboxylic acids is 1. The number of benzene rings is 2. The topological polar surface area (TPSA) is 87.7 Å². The van der Waals surface area contributed by atoms with Crippen LogP contribution in [0.1, 0.15) is 24.5 Å². The van der Waals surface area contributed by atoms with Gasteiger partial charge in [-0.25, -0.2) is 4.79 Å². The number of hydrogen-bond donors (Lipinski definition) is 3. The van der Waals surface area contributed by atoms with Gasteiger partial charge in [-0.1, -0.05) is 42.5 Å². The van der Waals surface area contributed by atoms with Crippen molar-refractivity contribution in [1.29, 1.82) is 0 Å². The molecule has 150 valence electrons. The molecule has 0 fully saturated rings. The maximum Gasteiger partial charge on any atom is 0.326 e. The van der Waals surface area contributed by atoms with Crippen molar-refractivity contribution in [1.82, 2.24) is 10.6 Å². The van der Waals surface area contributed by atoms with Crippen molar-refractivity contribution in [3.8, 4) is 5.75 Å². The molecule has 2 atom stereocenters. The van der Waals surface area contributed by atoms with Crippen LogP contribution in [0.5, 0.6) is 5.75 Å². The van der Waals surface area contributed by atoms with E-state index in [0.717, 1.165) is 16.9 Å². The lowest BCUT2D eigenvalue weighted by atomic mass is 10.0. The Morgan fingerprint density at radius 3 is 2.25 bits per heavy atom. The third kappa shape index (κ3) is 6.70. The fraction of sp³-hybridized carbons (Fsp3) is 0.364. The summed E-state index contributed by atoms with van der Waals surface area (Å²) in [5, 5.41) is 15.1. The molecule has 0 saturated heterocycles. The first-order valence-corrected chi connectivity index (χ1v) is 9.49. The molecule has 0 aliphatic heterocycles. The zero-order chi connectivity index (χ0) is 20.4. The standard InChI is InChI=1S/C22H28N2O4/c1-3-28-18-12-9-16(10-13-18)11-14-19(22(26)27)24-21(25)20(23-2)15-17-7-5-4-6-8-17/h4-10,12-13,19-20,23H,3,11,14-15H2,1-2H3,(H,24,25)(H,26,27)/t19-,20+/m1/s1. The van der Waals surface area contributed by atoms with E-state index in [0.29, 0.717) is 25.9 Å². The molecule has 6 nitrogen and oxygen atoms in total. The largest absolute Gasteiger partial charge is 0.494 e. The first-order chi connectivity index (χ1) is 13.5. The predicted molar refractivity (Wildman–Crippen MR) is 108 cm³/mol. The van der Waals surface area contributed by atoms with Gasteiger partial charge in [0, 0.05) is 0 Å². The summed E-state index contributed by atoms with van der Waals surface area (Å²) < 4.78 is 5.41. The first kappa shape index (κ1) is 21.4. The molecule has 6 heteroatoms. The minimum atomic E-state index is -1.03. The van der Waals surface area contributed by atoms with Gasteiger partial charge in [0.15, 0.2) is 0 Å². The monoisotopic (exact) mass is 384 g/mol. The molecule has 2 aromatic rings. The Labute approximate surface area is 165 Å². The molecule has 0 aliphatic rings. The normalized spacial score (nSPS) is 12.8. The maximum absolute atomic E-state index is 12.6. The fourth-order valence-electron chi connectivity index (χ4n) is 2.94. The summed E-state index contributed by atoms with van der Waals surface area (Å²) in [6, 6.07) is 15.8. The van der Waals surface area contributed by atoms with Crippen molar-refractivity contribution in [3.63, 3.8) is 0 Å². The van der Waals surface area contributed by atoms with Crippen LogP contribution >= 0.6 is 0 Å². The zero-order valence-corrected chi connectivity index (χ0v) is 16.4. The lowest BCUT2D eigenvalue weighted by molar-refractivity contribution is -0.142. The average molecular weight is 384 g/mol. The minimum absolute atomic E-state index is 0.314. The Hall–Kier alpha value is -2.86. The Balaban J connectivity index is 1.93. The molecule has 0 heterocycles. The molecule has 2 aromatic carbocycles. The van der Waals surface area contributed by atoms with Crippen molar-refractivity contribution in [2.45, 2.75) is 38.3 Å². The van der Waals surface area contributed by atoms with Crippen LogP contribution in [0.15, 0.2) is 54.6 Å². The van der Waals surface area contributed by atoms with Gasteiger partial charge in [-0.3, -0.25) is 4.79 Å². The number of amides is 1. The molecule has 2 rings (SSSR count). The second kappa shape index (κ2) is 11.1. The van der Waals surface area contributed by atoms with E-state index in [4.69, 9.17) is 4.74 Å². The van der Waals surface area contributed by atoms with E-state index in [-0.39, 0.29) is 5.91 Å². The third-order valence-corrected chi connectivity index (χ3v) is 4.52. The van der Waals surface area contributed by atoms with Gasteiger partial charge < -0.3 is 20.5 Å². The number of carbonyl (C=O) groups excluding carboxylic acids is 1. The highest BCUT2D eigenvalue weighted by Gasteiger charge is 2.24. The zero-order valence-electron chi connectivity index (χ0n) is 16.4. The highest BCUT2D eigenvalue weighted by Crippen LogP contribution is 2.14. The number of carboxylic acids is 1. The number of likely N-dealkylation sites (N-methyl/N-ethyl adjacent to an activating group) is 1. The molecule has 28 heavy (non-hydrogen) atoms. The van der Waals surface area contributed by atoms with Gasteiger partial charge in [0.2, 0.25) is 5.91 Å². The van der Waals surface area contributed by atoms with Crippen LogP contribution in [0.4, 0.5) is 0 Å². The summed E-state index contributed by atoms with van der Waals surface area (Å²) in [6.07, 6.45) is 1.36. The van der Waals surface area contributed by atoms with Crippen LogP contribution in [0.2, 0.25) is 0 Å². The van der Waals surface area contributed by atoms with Gasteiger partial charge in [0.1, 0.15) is 11.8 Å². The van der Waals surface area contributed by atoms with E-state index >= 15 is 0 Å². The van der Waals surface area contributed by atoms with Gasteiger partial charge >= 0.3 is 5.97 Å². The van der Waals surface area contributed by atoms with Crippen LogP contribution in [-0.4, -0.2) is 42.7 Å². The molecule has 0 saturated carbocycles. The Kier molecular flexibility index (Phi) is 8.49. The second-order valence-electron chi connectivity index (χ2n) is 6.55. The Bertz CT molecular complexity index is 747. The molecule has 0 radical (unpaired) electrons. The Morgan fingerprint density at radius 2 is 1.68 bits per heavy atom. The number of rotatable bonds is 11. The molecule has 0 unspecified atom stereocenters. The van der Waals surface area contributed by atoms with Gasteiger partial charge in [-0.2, -0.15) is 0 Å². The van der Waals surface area contributed by atoms with Gasteiger partial charge in [0.05, 0.1) is 12.6 Å². The number of carbonyl (C=O) groups is 2. The van der Waals surface area contributed by atoms with Crippen molar-refractivity contribution < 1.29 is 19.4 Å². The van der Waals surface area contributed by atoms with Crippen molar-refractivity contribution >= 4 is 11.9 Å². The van der Waals surface area contributed by atoms with E-state index in [1.165, 1.54) is 0 Å². The summed E-state index contributed by atoms with van der Waals surface area (Å²) in [5.74, 6) is -0.564. The molecule has 0 bridgehead atoms. The van der Waals surface area contributed by atoms with Crippen LogP contribution in [0.3, 0.4) is 0 Å². The average Bonchev–Trinajstić information content (AvgIpc) is 2.71. The summed E-state index contributed by atoms with van der Waals surface area (Å²) in [4.78, 5) is 24.2. The highest BCUT2D eigenvalue weighted by molar-refractivity contribution is 5.87. The number of aryl methyl sites for hydroxylation is 1. The lowest BCUT2D eigenvalue weighted by Gasteiger charge is -2.20. The second-order valence-corrected chi connectivity index (χ2v) is 6.55. The summed E-state index contributed by atoms with van der Waals surface area (Å²) in [6.45, 7) is 2.52. The van der Waals surface area contributed by atoms with Gasteiger partial charge in [-0.05, 0) is 56.5 Å². The van der Waals surface area contributed by atoms with E-state index in [1.807, 2.05) is 61.5 Å². The quantitative estimate of drug-likeness (QED) is 0.554. The van der Waals surface area contributed by atoms with Crippen LogP contribution in [0.25, 0.3) is 0 Å². The van der Waals surface area contributed by atoms with Crippen molar-refractivity contribution in [2.24, 2.45) is 0 Å². The van der Waals surface area contributed by atoms with E-state index in [9.17, 15) is 14.7 Å². The minimum Gasteiger partial charge on any atom is -0.494 e. The van der Waals surface area contributed by atoms with Crippen LogP contribution in [0, 0.1) is 0 Å². The van der Waals surface area contributed by atoms with E-state index < -0.39 is 18.1 Å². The molecular formula is C22H28N2O4. The number of ether oxygens (including phenoxy) is 1. The number of nitrogens with one attached hydrogen (secondary N) is 2. The van der Waals surface area contributed by atoms with Gasteiger partial charge in [-0.15, -0.1) is 0 Å². The van der Waals surface area contributed by atoms with Crippen LogP contribution < -0.4 is 15.4 Å². The lowest BCUT2D eigenvalue weighted by Crippen LogP contribution is -2.50. The molecule has 0 spiro atoms. The molecule has 0 aliphatic carbocycles. The fourth-order valence-corrected chi connectivity index (χ4v) is 2.94. The van der Waals surface area contributed by atoms with E-state index in [1.54, 1.807) is 7.05 Å². The highest BCUT2D eigenvalue weighted by atomic mass is 16.5. The SMILES string of the molecule is CCOc1ccc(CC[C@@H](NC(=O)[C@H](Cc2ccccc2)NC)C(=O)O)cc1.